The van der Waals surface area contributed by atoms with E-state index < -0.39 is 6.16 Å². The highest BCUT2D eigenvalue weighted by molar-refractivity contribution is 5.94. The van der Waals surface area contributed by atoms with E-state index in [4.69, 9.17) is 9.84 Å². The predicted octanol–water partition coefficient (Wildman–Crippen LogP) is 4.71. The van der Waals surface area contributed by atoms with Gasteiger partial charge in [-0.3, -0.25) is 4.79 Å². The minimum atomic E-state index is -1.31. The maximum atomic E-state index is 12.8. The molecule has 2 aromatic carbocycles. The number of anilines is 1. The number of rotatable bonds is 3. The number of fused-ring (bicyclic) bond motifs is 1. The monoisotopic (exact) mass is 394 g/mol. The Labute approximate surface area is 170 Å². The minimum absolute atomic E-state index is 0.0348. The van der Waals surface area contributed by atoms with Crippen molar-refractivity contribution in [2.75, 3.05) is 18.4 Å². The largest absolute Gasteiger partial charge is 0.511 e. The van der Waals surface area contributed by atoms with Crippen LogP contribution < -0.4 is 10.1 Å². The van der Waals surface area contributed by atoms with E-state index in [1.807, 2.05) is 29.2 Å². The summed E-state index contributed by atoms with van der Waals surface area (Å²) >= 11 is 0. The van der Waals surface area contributed by atoms with E-state index in [9.17, 15) is 9.59 Å². The summed E-state index contributed by atoms with van der Waals surface area (Å²) in [4.78, 5) is 25.6. The van der Waals surface area contributed by atoms with Crippen LogP contribution in [0, 0.1) is 5.41 Å². The van der Waals surface area contributed by atoms with E-state index in [0.717, 1.165) is 54.7 Å². The van der Waals surface area contributed by atoms with Crippen molar-refractivity contribution in [1.29, 1.82) is 0 Å². The van der Waals surface area contributed by atoms with Crippen molar-refractivity contribution in [2.24, 2.45) is 5.41 Å². The standard InChI is InChI=1S/C23H26N2O4/c1-23(2)14-17-13-18(29-22(27)28)8-9-19(17)24-20(23)15-6-5-7-16(12-15)21(26)25-10-3-4-11-25/h5-9,12-13,20,24H,3-4,10-11,14H2,1-2H3,(H,27,28). The molecule has 6 nitrogen and oxygen atoms in total. The molecule has 1 atom stereocenters. The maximum Gasteiger partial charge on any atom is 0.511 e. The van der Waals surface area contributed by atoms with E-state index in [2.05, 4.69) is 25.2 Å². The number of hydrogen-bond acceptors (Lipinski definition) is 4. The topological polar surface area (TPSA) is 78.9 Å². The van der Waals surface area contributed by atoms with Crippen molar-refractivity contribution in [3.63, 3.8) is 0 Å². The van der Waals surface area contributed by atoms with Crippen LogP contribution in [0.3, 0.4) is 0 Å². The Morgan fingerprint density at radius 1 is 1.14 bits per heavy atom. The molecule has 1 fully saturated rings. The number of hydrogen-bond donors (Lipinski definition) is 2. The molecule has 0 aromatic heterocycles. The molecule has 0 saturated carbocycles. The first-order chi connectivity index (χ1) is 13.8. The molecule has 2 heterocycles. The van der Waals surface area contributed by atoms with Crippen molar-refractivity contribution >= 4 is 17.7 Å². The van der Waals surface area contributed by atoms with Crippen LogP contribution >= 0.6 is 0 Å². The van der Waals surface area contributed by atoms with Gasteiger partial charge in [0.2, 0.25) is 0 Å². The van der Waals surface area contributed by atoms with Gasteiger partial charge in [-0.1, -0.05) is 26.0 Å². The molecule has 2 aliphatic rings. The zero-order chi connectivity index (χ0) is 20.6. The normalized spacial score (nSPS) is 19.9. The first-order valence-electron chi connectivity index (χ1n) is 10.0. The van der Waals surface area contributed by atoms with Crippen LogP contribution in [0.15, 0.2) is 42.5 Å². The summed E-state index contributed by atoms with van der Waals surface area (Å²) in [6, 6.07) is 13.2. The third kappa shape index (κ3) is 3.92. The number of amides is 1. The molecule has 2 aliphatic heterocycles. The number of nitrogens with one attached hydrogen (secondary N) is 1. The van der Waals surface area contributed by atoms with Gasteiger partial charge in [0.1, 0.15) is 5.75 Å². The van der Waals surface area contributed by atoms with E-state index in [1.165, 1.54) is 0 Å². The molecule has 1 saturated heterocycles. The lowest BCUT2D eigenvalue weighted by Crippen LogP contribution is -2.35. The summed E-state index contributed by atoms with van der Waals surface area (Å²) in [6.07, 6.45) is 1.60. The fourth-order valence-corrected chi connectivity index (χ4v) is 4.45. The molecule has 0 radical (unpaired) electrons. The molecule has 2 N–H and O–H groups in total. The van der Waals surface area contributed by atoms with Gasteiger partial charge in [0.25, 0.3) is 5.91 Å². The second-order valence-electron chi connectivity index (χ2n) is 8.55. The van der Waals surface area contributed by atoms with Crippen LogP contribution in [-0.2, 0) is 6.42 Å². The second kappa shape index (κ2) is 7.43. The highest BCUT2D eigenvalue weighted by Crippen LogP contribution is 2.45. The lowest BCUT2D eigenvalue weighted by Gasteiger charge is -2.41. The molecule has 0 aliphatic carbocycles. The van der Waals surface area contributed by atoms with Crippen molar-refractivity contribution in [1.82, 2.24) is 4.90 Å². The lowest BCUT2D eigenvalue weighted by molar-refractivity contribution is 0.0792. The van der Waals surface area contributed by atoms with Crippen molar-refractivity contribution in [3.05, 3.63) is 59.2 Å². The smallest absolute Gasteiger partial charge is 0.449 e. The Hall–Kier alpha value is -3.02. The second-order valence-corrected chi connectivity index (χ2v) is 8.55. The summed E-state index contributed by atoms with van der Waals surface area (Å²) in [6.45, 7) is 6.02. The van der Waals surface area contributed by atoms with E-state index in [0.29, 0.717) is 5.75 Å². The molecule has 2 aromatic rings. The molecule has 1 unspecified atom stereocenters. The highest BCUT2D eigenvalue weighted by atomic mass is 16.7. The van der Waals surface area contributed by atoms with Crippen LogP contribution in [0.5, 0.6) is 5.75 Å². The number of ether oxygens (including phenoxy) is 1. The third-order valence-corrected chi connectivity index (χ3v) is 5.87. The number of likely N-dealkylation sites (tertiary alicyclic amines) is 1. The van der Waals surface area contributed by atoms with Crippen molar-refractivity contribution in [2.45, 2.75) is 39.2 Å². The van der Waals surface area contributed by atoms with E-state index >= 15 is 0 Å². The Balaban J connectivity index is 1.61. The molecule has 152 valence electrons. The number of carbonyl (C=O) groups is 2. The molecule has 0 spiro atoms. The number of carboxylic acid groups (broad SMARTS) is 1. The quantitative estimate of drug-likeness (QED) is 0.582. The molecule has 1 amide bonds. The summed E-state index contributed by atoms with van der Waals surface area (Å²) in [5.74, 6) is 0.430. The fraction of sp³-hybridized carbons (Fsp3) is 0.391. The Bertz CT molecular complexity index is 948. The molecule has 4 rings (SSSR count). The number of benzene rings is 2. The van der Waals surface area contributed by atoms with Gasteiger partial charge in [-0.2, -0.15) is 0 Å². The molecule has 6 heteroatoms. The van der Waals surface area contributed by atoms with E-state index in [1.54, 1.807) is 12.1 Å². The zero-order valence-electron chi connectivity index (χ0n) is 16.8. The van der Waals surface area contributed by atoms with Crippen molar-refractivity contribution in [3.8, 4) is 5.75 Å². The SMILES string of the molecule is CC1(C)Cc2cc(OC(=O)O)ccc2NC1c1cccc(C(=O)N2CCCC2)c1. The molecular weight excluding hydrogens is 368 g/mol. The molecular formula is C23H26N2O4. The molecule has 29 heavy (non-hydrogen) atoms. The van der Waals surface area contributed by atoms with Crippen LogP contribution in [-0.4, -0.2) is 35.2 Å². The van der Waals surface area contributed by atoms with Gasteiger partial charge in [-0.05, 0) is 66.1 Å². The van der Waals surface area contributed by atoms with Crippen LogP contribution in [0.2, 0.25) is 0 Å². The van der Waals surface area contributed by atoms with Gasteiger partial charge in [-0.25, -0.2) is 4.79 Å². The van der Waals surface area contributed by atoms with Gasteiger partial charge >= 0.3 is 6.16 Å². The summed E-state index contributed by atoms with van der Waals surface area (Å²) in [5.41, 5.74) is 3.66. The van der Waals surface area contributed by atoms with Crippen LogP contribution in [0.1, 0.15) is 54.2 Å². The summed E-state index contributed by atoms with van der Waals surface area (Å²) in [7, 11) is 0. The number of nitrogens with zero attached hydrogens (tertiary/aromatic N) is 1. The zero-order valence-corrected chi connectivity index (χ0v) is 16.8. The Kier molecular flexibility index (Phi) is 4.94. The Morgan fingerprint density at radius 2 is 1.90 bits per heavy atom. The highest BCUT2D eigenvalue weighted by Gasteiger charge is 2.36. The Morgan fingerprint density at radius 3 is 2.62 bits per heavy atom. The number of carbonyl (C=O) groups excluding carboxylic acids is 1. The van der Waals surface area contributed by atoms with Crippen LogP contribution in [0.4, 0.5) is 10.5 Å². The first kappa shape index (κ1) is 19.3. The average molecular weight is 394 g/mol. The van der Waals surface area contributed by atoms with Crippen LogP contribution in [0.25, 0.3) is 0 Å². The average Bonchev–Trinajstić information content (AvgIpc) is 3.20. The first-order valence-corrected chi connectivity index (χ1v) is 10.0. The van der Waals surface area contributed by atoms with Gasteiger partial charge in [0.15, 0.2) is 0 Å². The lowest BCUT2D eigenvalue weighted by atomic mass is 9.72. The fourth-order valence-electron chi connectivity index (χ4n) is 4.45. The summed E-state index contributed by atoms with van der Waals surface area (Å²) in [5, 5.41) is 12.4. The minimum Gasteiger partial charge on any atom is -0.449 e. The maximum absolute atomic E-state index is 12.8. The molecule has 0 bridgehead atoms. The van der Waals surface area contributed by atoms with Gasteiger partial charge in [-0.15, -0.1) is 0 Å². The van der Waals surface area contributed by atoms with Gasteiger partial charge < -0.3 is 20.1 Å². The third-order valence-electron chi connectivity index (χ3n) is 5.87. The van der Waals surface area contributed by atoms with Crippen molar-refractivity contribution < 1.29 is 19.4 Å². The summed E-state index contributed by atoms with van der Waals surface area (Å²) < 4.78 is 4.80. The van der Waals surface area contributed by atoms with Gasteiger partial charge in [0.05, 0.1) is 6.04 Å². The van der Waals surface area contributed by atoms with Gasteiger partial charge in [0, 0.05) is 24.3 Å². The van der Waals surface area contributed by atoms with E-state index in [-0.39, 0.29) is 17.4 Å². The predicted molar refractivity (Wildman–Crippen MR) is 111 cm³/mol.